The maximum absolute atomic E-state index is 9.51. The van der Waals surface area contributed by atoms with Gasteiger partial charge in [-0.05, 0) is 108 Å². The molecule has 48 heavy (non-hydrogen) atoms. The van der Waals surface area contributed by atoms with Gasteiger partial charge in [-0.3, -0.25) is 0 Å². The Labute approximate surface area is 282 Å². The monoisotopic (exact) mass is 620 g/mol. The minimum atomic E-state index is 0.374. The zero-order chi connectivity index (χ0) is 32.1. The first-order chi connectivity index (χ1) is 23.6. The summed E-state index contributed by atoms with van der Waals surface area (Å²) in [5.74, 6) is 4.68. The molecule has 0 radical (unpaired) electrons. The molecule has 0 N–H and O–H groups in total. The lowest BCUT2D eigenvalue weighted by Gasteiger charge is -2.57. The first-order valence-corrected chi connectivity index (χ1v) is 17.3. The van der Waals surface area contributed by atoms with Crippen LogP contribution in [0.15, 0.2) is 127 Å². The summed E-state index contributed by atoms with van der Waals surface area (Å²) in [5.41, 5.74) is 9.85. The van der Waals surface area contributed by atoms with Crippen LogP contribution < -0.4 is 0 Å². The smallest absolute Gasteiger partial charge is 0.164 e. The second-order valence-corrected chi connectivity index (χ2v) is 14.3. The van der Waals surface area contributed by atoms with E-state index in [0.29, 0.717) is 28.5 Å². The molecule has 4 saturated carbocycles. The van der Waals surface area contributed by atoms with E-state index in [0.717, 1.165) is 51.1 Å². The summed E-state index contributed by atoms with van der Waals surface area (Å²) >= 11 is 0. The Kier molecular flexibility index (Phi) is 7.01. The van der Waals surface area contributed by atoms with E-state index in [-0.39, 0.29) is 0 Å². The highest BCUT2D eigenvalue weighted by Gasteiger charge is 2.51. The van der Waals surface area contributed by atoms with Crippen LogP contribution in [0.2, 0.25) is 0 Å². The lowest BCUT2D eigenvalue weighted by Crippen LogP contribution is -2.48. The molecule has 0 amide bonds. The molecule has 1 heterocycles. The highest BCUT2D eigenvalue weighted by Crippen LogP contribution is 2.60. The average Bonchev–Trinajstić information content (AvgIpc) is 3.15. The molecular formula is C44H36N4. The van der Waals surface area contributed by atoms with E-state index in [1.54, 1.807) is 0 Å². The maximum atomic E-state index is 9.51. The van der Waals surface area contributed by atoms with Crippen LogP contribution >= 0.6 is 0 Å². The Hall–Kier alpha value is -5.40. The van der Waals surface area contributed by atoms with Crippen LogP contribution in [0.25, 0.3) is 56.4 Å². The lowest BCUT2D eigenvalue weighted by molar-refractivity contribution is -0.00518. The topological polar surface area (TPSA) is 62.5 Å². The number of nitrogens with zero attached hydrogens (tertiary/aromatic N) is 4. The van der Waals surface area contributed by atoms with Crippen LogP contribution in [0.4, 0.5) is 0 Å². The number of hydrogen-bond acceptors (Lipinski definition) is 4. The zero-order valence-corrected chi connectivity index (χ0v) is 26.9. The first-order valence-electron chi connectivity index (χ1n) is 17.3. The molecular weight excluding hydrogens is 585 g/mol. The molecule has 4 heteroatoms. The fourth-order valence-corrected chi connectivity index (χ4v) is 9.30. The van der Waals surface area contributed by atoms with Crippen molar-refractivity contribution in [2.24, 2.45) is 17.8 Å². The Morgan fingerprint density at radius 2 is 0.938 bits per heavy atom. The van der Waals surface area contributed by atoms with Gasteiger partial charge in [-0.2, -0.15) is 5.26 Å². The predicted octanol–water partition coefficient (Wildman–Crippen LogP) is 10.5. The van der Waals surface area contributed by atoms with E-state index in [1.807, 2.05) is 84.9 Å². The second-order valence-electron chi connectivity index (χ2n) is 14.3. The summed E-state index contributed by atoms with van der Waals surface area (Å²) in [7, 11) is 0. The number of aromatic nitrogens is 3. The summed E-state index contributed by atoms with van der Waals surface area (Å²) in [6.07, 6.45) is 8.47. The van der Waals surface area contributed by atoms with E-state index >= 15 is 0 Å². The summed E-state index contributed by atoms with van der Waals surface area (Å²) in [6, 6.07) is 46.4. The highest BCUT2D eigenvalue weighted by molar-refractivity contribution is 5.87. The molecule has 0 aliphatic heterocycles. The van der Waals surface area contributed by atoms with Crippen LogP contribution in [0.3, 0.4) is 0 Å². The van der Waals surface area contributed by atoms with Gasteiger partial charge in [0, 0.05) is 16.7 Å². The van der Waals surface area contributed by atoms with Crippen molar-refractivity contribution < 1.29 is 0 Å². The molecule has 0 unspecified atom stereocenters. The molecule has 4 bridgehead atoms. The third-order valence-electron chi connectivity index (χ3n) is 11.1. The third kappa shape index (κ3) is 5.20. The Morgan fingerprint density at radius 3 is 1.46 bits per heavy atom. The number of benzene rings is 5. The van der Waals surface area contributed by atoms with Gasteiger partial charge in [-0.15, -0.1) is 0 Å². The SMILES string of the molecule is N#Cc1ccc(-c2cc(-c3nc(-c4ccccc4)nc(-c4ccccc4)n3)ccc2-c2ccc(C34C[C@H]5C[C@@H](C3)C[C@@H](C4)C5)cc2)cc1. The van der Waals surface area contributed by atoms with Crippen molar-refractivity contribution in [2.75, 3.05) is 0 Å². The van der Waals surface area contributed by atoms with E-state index in [4.69, 9.17) is 15.0 Å². The lowest BCUT2D eigenvalue weighted by atomic mass is 9.48. The predicted molar refractivity (Wildman–Crippen MR) is 192 cm³/mol. The molecule has 1 aromatic heterocycles. The minimum absolute atomic E-state index is 0.374. The number of rotatable bonds is 6. The molecule has 0 spiro atoms. The fraction of sp³-hybridized carbons (Fsp3) is 0.227. The molecule has 4 fully saturated rings. The van der Waals surface area contributed by atoms with Gasteiger partial charge in [0.2, 0.25) is 0 Å². The zero-order valence-electron chi connectivity index (χ0n) is 26.9. The third-order valence-corrected chi connectivity index (χ3v) is 11.1. The molecule has 232 valence electrons. The normalized spacial score (nSPS) is 22.4. The molecule has 0 saturated heterocycles. The number of nitriles is 1. The van der Waals surface area contributed by atoms with E-state index < -0.39 is 0 Å². The molecule has 6 aromatic rings. The largest absolute Gasteiger partial charge is 0.208 e. The Bertz CT molecular complexity index is 2050. The van der Waals surface area contributed by atoms with Crippen molar-refractivity contribution in [3.05, 3.63) is 139 Å². The summed E-state index contributed by atoms with van der Waals surface area (Å²) in [4.78, 5) is 14.9. The van der Waals surface area contributed by atoms with Gasteiger partial charge in [0.1, 0.15) is 0 Å². The average molecular weight is 621 g/mol. The van der Waals surface area contributed by atoms with Gasteiger partial charge in [-0.1, -0.05) is 109 Å². The first kappa shape index (κ1) is 28.8. The van der Waals surface area contributed by atoms with Crippen LogP contribution in [0.1, 0.15) is 49.7 Å². The van der Waals surface area contributed by atoms with Crippen molar-refractivity contribution in [3.63, 3.8) is 0 Å². The molecule has 0 atom stereocenters. The second kappa shape index (κ2) is 11.7. The standard InChI is InChI=1S/C44H36N4/c45-28-29-11-13-34(14-12-29)40-24-37(43-47-41(35-7-3-1-4-8-35)46-42(48-43)36-9-5-2-6-10-36)17-20-39(40)33-15-18-38(19-16-33)44-25-30-21-31(26-44)23-32(22-30)27-44/h1-20,24,30-32H,21-23,25-27H2/t30-,31+,32-,44?. The molecule has 4 nitrogen and oxygen atoms in total. The molecule has 5 aromatic carbocycles. The van der Waals surface area contributed by atoms with Crippen LogP contribution in [-0.2, 0) is 5.41 Å². The van der Waals surface area contributed by atoms with Gasteiger partial charge in [-0.25, -0.2) is 15.0 Å². The van der Waals surface area contributed by atoms with Gasteiger partial charge in [0.25, 0.3) is 0 Å². The number of hydrogen-bond donors (Lipinski definition) is 0. The fourth-order valence-electron chi connectivity index (χ4n) is 9.30. The van der Waals surface area contributed by atoms with Gasteiger partial charge < -0.3 is 0 Å². The van der Waals surface area contributed by atoms with Crippen molar-refractivity contribution in [2.45, 2.75) is 43.9 Å². The van der Waals surface area contributed by atoms with Crippen molar-refractivity contribution in [3.8, 4) is 62.5 Å². The van der Waals surface area contributed by atoms with Crippen LogP contribution in [-0.4, -0.2) is 15.0 Å². The van der Waals surface area contributed by atoms with E-state index in [1.165, 1.54) is 49.7 Å². The van der Waals surface area contributed by atoms with Crippen molar-refractivity contribution in [1.82, 2.24) is 15.0 Å². The Morgan fingerprint density at radius 1 is 0.479 bits per heavy atom. The van der Waals surface area contributed by atoms with Crippen LogP contribution in [0, 0.1) is 29.1 Å². The molecule has 4 aliphatic rings. The van der Waals surface area contributed by atoms with Crippen LogP contribution in [0.5, 0.6) is 0 Å². The highest BCUT2D eigenvalue weighted by atomic mass is 15.0. The van der Waals surface area contributed by atoms with Gasteiger partial charge >= 0.3 is 0 Å². The molecule has 4 aliphatic carbocycles. The summed E-state index contributed by atoms with van der Waals surface area (Å²) in [6.45, 7) is 0. The van der Waals surface area contributed by atoms with Gasteiger partial charge in [0.05, 0.1) is 11.6 Å². The van der Waals surface area contributed by atoms with E-state index in [2.05, 4.69) is 48.5 Å². The maximum Gasteiger partial charge on any atom is 0.164 e. The van der Waals surface area contributed by atoms with E-state index in [9.17, 15) is 5.26 Å². The van der Waals surface area contributed by atoms with Gasteiger partial charge in [0.15, 0.2) is 17.5 Å². The minimum Gasteiger partial charge on any atom is -0.208 e. The summed E-state index contributed by atoms with van der Waals surface area (Å²) < 4.78 is 0. The van der Waals surface area contributed by atoms with Crippen molar-refractivity contribution >= 4 is 0 Å². The van der Waals surface area contributed by atoms with Crippen molar-refractivity contribution in [1.29, 1.82) is 5.26 Å². The molecule has 10 rings (SSSR count). The Balaban J connectivity index is 1.15. The quantitative estimate of drug-likeness (QED) is 0.186. The summed E-state index contributed by atoms with van der Waals surface area (Å²) in [5, 5.41) is 9.51.